The zero-order valence-corrected chi connectivity index (χ0v) is 13.5. The van der Waals surface area contributed by atoms with Gasteiger partial charge in [0.1, 0.15) is 11.3 Å². The van der Waals surface area contributed by atoms with Crippen molar-refractivity contribution >= 4 is 11.6 Å². The highest BCUT2D eigenvalue weighted by Gasteiger charge is 2.29. The van der Waals surface area contributed by atoms with Crippen LogP contribution in [0.1, 0.15) is 53.4 Å². The third-order valence-corrected chi connectivity index (χ3v) is 4.44. The molecule has 1 aliphatic heterocycles. The van der Waals surface area contributed by atoms with E-state index in [4.69, 9.17) is 4.74 Å². The molecule has 1 saturated carbocycles. The van der Waals surface area contributed by atoms with Gasteiger partial charge in [-0.1, -0.05) is 6.08 Å². The Balaban J connectivity index is 1.62. The van der Waals surface area contributed by atoms with Crippen molar-refractivity contribution in [3.05, 3.63) is 40.9 Å². The molecule has 1 amide bonds. The summed E-state index contributed by atoms with van der Waals surface area (Å²) in [5, 5.41) is 6.74. The molecule has 6 nitrogen and oxygen atoms in total. The van der Waals surface area contributed by atoms with Crippen LogP contribution in [-0.4, -0.2) is 40.3 Å². The average Bonchev–Trinajstić information content (AvgIpc) is 3.39. The lowest BCUT2D eigenvalue weighted by molar-refractivity contribution is 0.0953. The first-order valence-corrected chi connectivity index (χ1v) is 8.34. The van der Waals surface area contributed by atoms with Gasteiger partial charge in [-0.3, -0.25) is 4.79 Å². The minimum absolute atomic E-state index is 0.186. The van der Waals surface area contributed by atoms with Gasteiger partial charge in [0.15, 0.2) is 5.65 Å². The fourth-order valence-corrected chi connectivity index (χ4v) is 2.93. The minimum atomic E-state index is -2.68. The van der Waals surface area contributed by atoms with Crippen molar-refractivity contribution in [2.45, 2.75) is 31.6 Å². The Morgan fingerprint density at radius 3 is 2.96 bits per heavy atom. The summed E-state index contributed by atoms with van der Waals surface area (Å²) in [5.74, 6) is -0.167. The first-order chi connectivity index (χ1) is 12.1. The Morgan fingerprint density at radius 2 is 2.28 bits per heavy atom. The summed E-state index contributed by atoms with van der Waals surface area (Å²) in [7, 11) is 0. The van der Waals surface area contributed by atoms with Crippen molar-refractivity contribution < 1.29 is 18.3 Å². The molecule has 0 unspecified atom stereocenters. The molecule has 1 N–H and O–H groups in total. The van der Waals surface area contributed by atoms with Gasteiger partial charge in [-0.05, 0) is 30.9 Å². The first kappa shape index (κ1) is 16.1. The molecule has 2 aliphatic rings. The molecule has 0 spiro atoms. The molecule has 2 aromatic rings. The fourth-order valence-electron chi connectivity index (χ4n) is 2.93. The topological polar surface area (TPSA) is 68.5 Å². The second kappa shape index (κ2) is 6.51. The van der Waals surface area contributed by atoms with Crippen molar-refractivity contribution in [1.82, 2.24) is 19.9 Å². The number of halogens is 2. The van der Waals surface area contributed by atoms with Gasteiger partial charge in [0.25, 0.3) is 12.3 Å². The molecule has 0 saturated heterocycles. The van der Waals surface area contributed by atoms with Crippen LogP contribution in [0.15, 0.2) is 23.9 Å². The number of carbonyl (C=O) groups is 1. The third kappa shape index (κ3) is 3.26. The molecule has 132 valence electrons. The molecule has 2 aromatic heterocycles. The summed E-state index contributed by atoms with van der Waals surface area (Å²) in [6.45, 7) is 1.55. The maximum atomic E-state index is 13.4. The lowest BCUT2D eigenvalue weighted by Gasteiger charge is -2.14. The molecule has 1 fully saturated rings. The Hall–Kier alpha value is -2.35. The Labute approximate surface area is 142 Å². The van der Waals surface area contributed by atoms with Gasteiger partial charge < -0.3 is 10.1 Å². The summed E-state index contributed by atoms with van der Waals surface area (Å²) in [4.78, 5) is 16.9. The van der Waals surface area contributed by atoms with Gasteiger partial charge in [-0.25, -0.2) is 18.3 Å². The van der Waals surface area contributed by atoms with Crippen molar-refractivity contribution in [2.75, 3.05) is 19.8 Å². The van der Waals surface area contributed by atoms with Crippen LogP contribution in [0.3, 0.4) is 0 Å². The van der Waals surface area contributed by atoms with Crippen LogP contribution in [-0.2, 0) is 4.74 Å². The Morgan fingerprint density at radius 1 is 1.44 bits per heavy atom. The molecule has 0 aromatic carbocycles. The van der Waals surface area contributed by atoms with Gasteiger partial charge >= 0.3 is 0 Å². The quantitative estimate of drug-likeness (QED) is 0.844. The summed E-state index contributed by atoms with van der Waals surface area (Å²) in [6, 6.07) is 1.40. The number of ether oxygens (including phenoxy) is 1. The summed E-state index contributed by atoms with van der Waals surface area (Å²) in [5.41, 5.74) is 1.78. The second-order valence-electron chi connectivity index (χ2n) is 6.36. The fraction of sp³-hybridized carbons (Fsp3) is 0.471. The van der Waals surface area contributed by atoms with Gasteiger partial charge in [-0.15, -0.1) is 0 Å². The number of fused-ring (bicyclic) bond motifs is 1. The van der Waals surface area contributed by atoms with Gasteiger partial charge in [-0.2, -0.15) is 5.10 Å². The summed E-state index contributed by atoms with van der Waals surface area (Å²) < 4.78 is 33.1. The van der Waals surface area contributed by atoms with E-state index in [1.165, 1.54) is 12.3 Å². The third-order valence-electron chi connectivity index (χ3n) is 4.44. The Kier molecular flexibility index (Phi) is 4.20. The molecular formula is C17H18F2N4O2. The van der Waals surface area contributed by atoms with E-state index in [9.17, 15) is 13.6 Å². The van der Waals surface area contributed by atoms with Crippen LogP contribution < -0.4 is 5.32 Å². The maximum absolute atomic E-state index is 13.4. The summed E-state index contributed by atoms with van der Waals surface area (Å²) >= 11 is 0. The predicted molar refractivity (Wildman–Crippen MR) is 85.8 cm³/mol. The standard InChI is InChI=1S/C17H18F2N4O2/c18-15(19)14-6-13(11-3-4-11)22-16-12(8-21-23(14)16)17(24)20-7-10-2-1-5-25-9-10/h2,6,8,11,15H,1,3-5,7,9H2,(H,20,24). The van der Waals surface area contributed by atoms with Gasteiger partial charge in [0, 0.05) is 18.2 Å². The molecule has 3 heterocycles. The molecule has 0 radical (unpaired) electrons. The van der Waals surface area contributed by atoms with E-state index in [1.807, 2.05) is 6.08 Å². The van der Waals surface area contributed by atoms with Crippen LogP contribution in [0.2, 0.25) is 0 Å². The summed E-state index contributed by atoms with van der Waals surface area (Å²) in [6.07, 6.45) is 3.37. The van der Waals surface area contributed by atoms with E-state index in [2.05, 4.69) is 15.4 Å². The number of hydrogen-bond acceptors (Lipinski definition) is 4. The molecular weight excluding hydrogens is 330 g/mol. The van der Waals surface area contributed by atoms with Crippen LogP contribution >= 0.6 is 0 Å². The number of nitrogens with one attached hydrogen (secondary N) is 1. The molecule has 1 aliphatic carbocycles. The normalized spacial score (nSPS) is 17.8. The van der Waals surface area contributed by atoms with Crippen molar-refractivity contribution in [1.29, 1.82) is 0 Å². The minimum Gasteiger partial charge on any atom is -0.377 e. The van der Waals surface area contributed by atoms with E-state index in [1.54, 1.807) is 0 Å². The molecule has 4 rings (SSSR count). The number of amides is 1. The highest BCUT2D eigenvalue weighted by atomic mass is 19.3. The van der Waals surface area contributed by atoms with Crippen molar-refractivity contribution in [3.63, 3.8) is 0 Å². The van der Waals surface area contributed by atoms with Crippen LogP contribution in [0.5, 0.6) is 0 Å². The van der Waals surface area contributed by atoms with Crippen LogP contribution in [0.25, 0.3) is 5.65 Å². The second-order valence-corrected chi connectivity index (χ2v) is 6.36. The lowest BCUT2D eigenvalue weighted by Crippen LogP contribution is -2.27. The van der Waals surface area contributed by atoms with E-state index in [0.717, 1.165) is 29.4 Å². The predicted octanol–water partition coefficient (Wildman–Crippen LogP) is 2.62. The van der Waals surface area contributed by atoms with E-state index in [0.29, 0.717) is 25.5 Å². The molecule has 0 atom stereocenters. The lowest BCUT2D eigenvalue weighted by atomic mass is 10.2. The molecule has 0 bridgehead atoms. The SMILES string of the molecule is O=C(NCC1=CCCOC1)c1cnn2c(C(F)F)cc(C3CC3)nc12. The van der Waals surface area contributed by atoms with Crippen LogP contribution in [0.4, 0.5) is 8.78 Å². The highest BCUT2D eigenvalue weighted by Crippen LogP contribution is 2.40. The number of nitrogens with zero attached hydrogens (tertiary/aromatic N) is 3. The number of aromatic nitrogens is 3. The van der Waals surface area contributed by atoms with Gasteiger partial charge in [0.2, 0.25) is 0 Å². The smallest absolute Gasteiger partial charge is 0.280 e. The largest absolute Gasteiger partial charge is 0.377 e. The van der Waals surface area contributed by atoms with E-state index in [-0.39, 0.29) is 28.7 Å². The molecule has 25 heavy (non-hydrogen) atoms. The molecule has 8 heteroatoms. The first-order valence-electron chi connectivity index (χ1n) is 8.34. The zero-order valence-electron chi connectivity index (χ0n) is 13.5. The van der Waals surface area contributed by atoms with Gasteiger partial charge in [0.05, 0.1) is 19.4 Å². The number of alkyl halides is 2. The maximum Gasteiger partial charge on any atom is 0.280 e. The zero-order chi connectivity index (χ0) is 17.4. The van der Waals surface area contributed by atoms with E-state index < -0.39 is 6.43 Å². The number of rotatable bonds is 5. The van der Waals surface area contributed by atoms with Crippen molar-refractivity contribution in [2.24, 2.45) is 0 Å². The van der Waals surface area contributed by atoms with E-state index >= 15 is 0 Å². The highest BCUT2D eigenvalue weighted by molar-refractivity contribution is 5.99. The number of carbonyl (C=O) groups excluding carboxylic acids is 1. The monoisotopic (exact) mass is 348 g/mol. The Bertz CT molecular complexity index is 843. The van der Waals surface area contributed by atoms with Crippen LogP contribution in [0, 0.1) is 0 Å². The van der Waals surface area contributed by atoms with Crippen molar-refractivity contribution in [3.8, 4) is 0 Å². The number of hydrogen-bond donors (Lipinski definition) is 1. The average molecular weight is 348 g/mol.